The van der Waals surface area contributed by atoms with E-state index < -0.39 is 0 Å². The summed E-state index contributed by atoms with van der Waals surface area (Å²) in [4.78, 5) is 10.6. The molecule has 0 radical (unpaired) electrons. The quantitative estimate of drug-likeness (QED) is 0.622. The molecule has 0 atom stereocenters. The maximum Gasteiger partial charge on any atom is 0.311 e. The van der Waals surface area contributed by atoms with Gasteiger partial charge in [0.15, 0.2) is 5.75 Å². The van der Waals surface area contributed by atoms with Gasteiger partial charge in [0.2, 0.25) is 0 Å². The molecule has 0 spiro atoms. The summed E-state index contributed by atoms with van der Waals surface area (Å²) in [6, 6.07) is 5.13. The lowest BCUT2D eigenvalue weighted by atomic mass is 9.86. The molecule has 0 unspecified atom stereocenters. The smallest absolute Gasteiger partial charge is 0.311 e. The van der Waals surface area contributed by atoms with Gasteiger partial charge in [-0.25, -0.2) is 0 Å². The largest absolute Gasteiger partial charge is 0.487 e. The number of hydrogen-bond donors (Lipinski definition) is 1. The summed E-state index contributed by atoms with van der Waals surface area (Å²) < 4.78 is 5.57. The van der Waals surface area contributed by atoms with Gasteiger partial charge in [0.05, 0.1) is 11.5 Å². The molecule has 0 aromatic heterocycles. The van der Waals surface area contributed by atoms with Crippen molar-refractivity contribution in [3.8, 4) is 5.75 Å². The van der Waals surface area contributed by atoms with Crippen LogP contribution in [0.3, 0.4) is 0 Å². The van der Waals surface area contributed by atoms with Gasteiger partial charge in [-0.2, -0.15) is 0 Å². The highest BCUT2D eigenvalue weighted by Crippen LogP contribution is 2.31. The number of nitro benzene ring substituents is 1. The minimum atomic E-state index is -0.380. The molecule has 1 fully saturated rings. The molecule has 1 N–H and O–H groups in total. The molecule has 1 aromatic rings. The Morgan fingerprint density at radius 3 is 2.83 bits per heavy atom. The average Bonchev–Trinajstić information content (AvgIpc) is 2.28. The first-order chi connectivity index (χ1) is 8.70. The molecule has 18 heavy (non-hydrogen) atoms. The zero-order chi connectivity index (χ0) is 13.0. The summed E-state index contributed by atoms with van der Waals surface area (Å²) in [6.45, 7) is 1.20. The Balaban J connectivity index is 2.09. The Morgan fingerprint density at radius 2 is 2.28 bits per heavy atom. The third-order valence-corrected chi connectivity index (χ3v) is 3.30. The van der Waals surface area contributed by atoms with E-state index in [4.69, 9.17) is 4.74 Å². The predicted molar refractivity (Wildman–Crippen MR) is 68.7 cm³/mol. The first-order valence-corrected chi connectivity index (χ1v) is 6.25. The fourth-order valence-corrected chi connectivity index (χ4v) is 2.01. The lowest BCUT2D eigenvalue weighted by Crippen LogP contribution is -2.19. The molecule has 1 aliphatic rings. The van der Waals surface area contributed by atoms with Crippen molar-refractivity contribution in [2.75, 3.05) is 13.7 Å². The van der Waals surface area contributed by atoms with Crippen LogP contribution in [0.4, 0.5) is 5.69 Å². The van der Waals surface area contributed by atoms with Crippen molar-refractivity contribution >= 4 is 5.69 Å². The van der Waals surface area contributed by atoms with Gasteiger partial charge in [0.1, 0.15) is 0 Å². The number of nitro groups is 1. The van der Waals surface area contributed by atoms with Crippen LogP contribution in [0.25, 0.3) is 0 Å². The monoisotopic (exact) mass is 250 g/mol. The zero-order valence-corrected chi connectivity index (χ0v) is 10.5. The number of ether oxygens (including phenoxy) is 1. The van der Waals surface area contributed by atoms with Crippen molar-refractivity contribution in [3.63, 3.8) is 0 Å². The van der Waals surface area contributed by atoms with Crippen LogP contribution in [0, 0.1) is 16.0 Å². The van der Waals surface area contributed by atoms with Crippen LogP contribution in [0.15, 0.2) is 18.2 Å². The zero-order valence-electron chi connectivity index (χ0n) is 10.5. The third kappa shape index (κ3) is 2.98. The standard InChI is InChI=1S/C13H18N2O3/c1-14-8-11-5-6-13(12(7-11)15(16)17)18-9-10-3-2-4-10/h5-7,10,14H,2-4,8-9H2,1H3. The van der Waals surface area contributed by atoms with Crippen LogP contribution < -0.4 is 10.1 Å². The Labute approximate surface area is 106 Å². The van der Waals surface area contributed by atoms with E-state index >= 15 is 0 Å². The molecule has 98 valence electrons. The molecule has 1 aliphatic carbocycles. The maximum absolute atomic E-state index is 11.0. The molecule has 1 saturated carbocycles. The second kappa shape index (κ2) is 5.82. The first kappa shape index (κ1) is 12.8. The fraction of sp³-hybridized carbons (Fsp3) is 0.538. The molecule has 0 heterocycles. The summed E-state index contributed by atoms with van der Waals surface area (Å²) in [5.41, 5.74) is 0.947. The highest BCUT2D eigenvalue weighted by atomic mass is 16.6. The van der Waals surface area contributed by atoms with E-state index in [9.17, 15) is 10.1 Å². The normalized spacial score (nSPS) is 15.2. The van der Waals surface area contributed by atoms with Gasteiger partial charge < -0.3 is 10.1 Å². The fourth-order valence-electron chi connectivity index (χ4n) is 2.01. The SMILES string of the molecule is CNCc1ccc(OCC2CCC2)c([N+](=O)[O-])c1. The van der Waals surface area contributed by atoms with Gasteiger partial charge in [-0.3, -0.25) is 10.1 Å². The van der Waals surface area contributed by atoms with E-state index in [2.05, 4.69) is 5.32 Å². The van der Waals surface area contributed by atoms with Gasteiger partial charge in [-0.1, -0.05) is 12.5 Å². The van der Waals surface area contributed by atoms with Crippen molar-refractivity contribution in [1.29, 1.82) is 0 Å². The molecular formula is C13H18N2O3. The number of nitrogens with zero attached hydrogens (tertiary/aromatic N) is 1. The van der Waals surface area contributed by atoms with Gasteiger partial charge >= 0.3 is 5.69 Å². The number of nitrogens with one attached hydrogen (secondary N) is 1. The lowest BCUT2D eigenvalue weighted by Gasteiger charge is -2.25. The summed E-state index contributed by atoms with van der Waals surface area (Å²) in [5, 5.41) is 14.0. The summed E-state index contributed by atoms with van der Waals surface area (Å²) in [5.74, 6) is 0.952. The third-order valence-electron chi connectivity index (χ3n) is 3.30. The Bertz CT molecular complexity index is 430. The van der Waals surface area contributed by atoms with Crippen molar-refractivity contribution < 1.29 is 9.66 Å². The van der Waals surface area contributed by atoms with E-state index in [1.807, 2.05) is 13.1 Å². The average molecular weight is 250 g/mol. The van der Waals surface area contributed by atoms with Gasteiger partial charge in [0, 0.05) is 12.6 Å². The number of rotatable bonds is 6. The molecule has 0 bridgehead atoms. The van der Waals surface area contributed by atoms with Crippen molar-refractivity contribution in [2.24, 2.45) is 5.92 Å². The van der Waals surface area contributed by atoms with Gasteiger partial charge in [0.25, 0.3) is 0 Å². The first-order valence-electron chi connectivity index (χ1n) is 6.25. The van der Waals surface area contributed by atoms with E-state index in [-0.39, 0.29) is 10.6 Å². The van der Waals surface area contributed by atoms with Crippen molar-refractivity contribution in [3.05, 3.63) is 33.9 Å². The van der Waals surface area contributed by atoms with Crippen LogP contribution >= 0.6 is 0 Å². The Morgan fingerprint density at radius 1 is 1.50 bits per heavy atom. The molecule has 0 saturated heterocycles. The van der Waals surface area contributed by atoms with Gasteiger partial charge in [-0.05, 0) is 37.4 Å². The van der Waals surface area contributed by atoms with E-state index in [0.29, 0.717) is 24.8 Å². The molecule has 0 amide bonds. The Kier molecular flexibility index (Phi) is 4.15. The molecular weight excluding hydrogens is 232 g/mol. The maximum atomic E-state index is 11.0. The highest BCUT2D eigenvalue weighted by molar-refractivity contribution is 5.48. The van der Waals surface area contributed by atoms with E-state index in [1.54, 1.807) is 12.1 Å². The molecule has 5 heteroatoms. The minimum absolute atomic E-state index is 0.0575. The number of benzene rings is 1. The lowest BCUT2D eigenvalue weighted by molar-refractivity contribution is -0.386. The minimum Gasteiger partial charge on any atom is -0.487 e. The van der Waals surface area contributed by atoms with Crippen molar-refractivity contribution in [1.82, 2.24) is 5.32 Å². The number of hydrogen-bond acceptors (Lipinski definition) is 4. The second-order valence-corrected chi connectivity index (χ2v) is 4.70. The van der Waals surface area contributed by atoms with Crippen LogP contribution in [0.5, 0.6) is 5.75 Å². The summed E-state index contributed by atoms with van der Waals surface area (Å²) >= 11 is 0. The molecule has 5 nitrogen and oxygen atoms in total. The van der Waals surface area contributed by atoms with Crippen LogP contribution in [-0.4, -0.2) is 18.6 Å². The topological polar surface area (TPSA) is 64.4 Å². The van der Waals surface area contributed by atoms with Crippen LogP contribution in [0.1, 0.15) is 24.8 Å². The Hall–Kier alpha value is -1.62. The predicted octanol–water partition coefficient (Wildman–Crippen LogP) is 2.49. The summed E-state index contributed by atoms with van der Waals surface area (Å²) in [6.07, 6.45) is 3.59. The molecule has 1 aromatic carbocycles. The molecule has 2 rings (SSSR count). The highest BCUT2D eigenvalue weighted by Gasteiger charge is 2.21. The van der Waals surface area contributed by atoms with Gasteiger partial charge in [-0.15, -0.1) is 0 Å². The summed E-state index contributed by atoms with van der Waals surface area (Å²) in [7, 11) is 1.81. The molecule has 0 aliphatic heterocycles. The van der Waals surface area contributed by atoms with E-state index in [0.717, 1.165) is 5.56 Å². The van der Waals surface area contributed by atoms with E-state index in [1.165, 1.54) is 19.3 Å². The van der Waals surface area contributed by atoms with Crippen LogP contribution in [0.2, 0.25) is 0 Å². The second-order valence-electron chi connectivity index (χ2n) is 4.70. The van der Waals surface area contributed by atoms with Crippen LogP contribution in [-0.2, 0) is 6.54 Å². The van der Waals surface area contributed by atoms with Crippen molar-refractivity contribution in [2.45, 2.75) is 25.8 Å².